The number of carbonyl (C=O) groups excluding carboxylic acids is 1. The SMILES string of the molecule is CNC(=O)COCCC1CCSC1. The summed E-state index contributed by atoms with van der Waals surface area (Å²) in [5.41, 5.74) is 0. The lowest BCUT2D eigenvalue weighted by atomic mass is 10.1. The Kier molecular flexibility index (Phi) is 5.23. The van der Waals surface area contributed by atoms with Crippen LogP contribution >= 0.6 is 11.8 Å². The first-order chi connectivity index (χ1) is 6.33. The summed E-state index contributed by atoms with van der Waals surface area (Å²) in [6.07, 6.45) is 2.41. The van der Waals surface area contributed by atoms with Crippen LogP contribution in [0.3, 0.4) is 0 Å². The predicted octanol–water partition coefficient (Wildman–Crippen LogP) is 0.892. The minimum atomic E-state index is -0.0409. The molecule has 1 N–H and O–H groups in total. The lowest BCUT2D eigenvalue weighted by Gasteiger charge is -2.07. The summed E-state index contributed by atoms with van der Waals surface area (Å²) in [6.45, 7) is 0.926. The molecule has 1 atom stereocenters. The minimum absolute atomic E-state index is 0.0409. The van der Waals surface area contributed by atoms with Gasteiger partial charge in [-0.05, 0) is 30.3 Å². The van der Waals surface area contributed by atoms with E-state index in [1.807, 2.05) is 11.8 Å². The molecular formula is C9H17NO2S. The summed E-state index contributed by atoms with van der Waals surface area (Å²) in [5.74, 6) is 3.33. The van der Waals surface area contributed by atoms with Gasteiger partial charge in [0, 0.05) is 13.7 Å². The molecular weight excluding hydrogens is 186 g/mol. The fourth-order valence-electron chi connectivity index (χ4n) is 1.30. The van der Waals surface area contributed by atoms with Gasteiger partial charge in [0.25, 0.3) is 0 Å². The molecule has 0 aromatic rings. The monoisotopic (exact) mass is 203 g/mol. The first-order valence-corrected chi connectivity index (χ1v) is 5.84. The van der Waals surface area contributed by atoms with Gasteiger partial charge in [-0.2, -0.15) is 11.8 Å². The Labute approximate surface area is 83.6 Å². The fourth-order valence-corrected chi connectivity index (χ4v) is 2.63. The molecule has 0 bridgehead atoms. The van der Waals surface area contributed by atoms with E-state index >= 15 is 0 Å². The summed E-state index contributed by atoms with van der Waals surface area (Å²) in [7, 11) is 1.62. The van der Waals surface area contributed by atoms with Crippen LogP contribution in [0, 0.1) is 5.92 Å². The minimum Gasteiger partial charge on any atom is -0.372 e. The topological polar surface area (TPSA) is 38.3 Å². The van der Waals surface area contributed by atoms with Crippen molar-refractivity contribution in [2.75, 3.05) is 31.8 Å². The van der Waals surface area contributed by atoms with E-state index in [-0.39, 0.29) is 12.5 Å². The molecule has 0 spiro atoms. The summed E-state index contributed by atoms with van der Waals surface area (Å²) in [5, 5.41) is 2.53. The normalized spacial score (nSPS) is 21.8. The molecule has 76 valence electrons. The molecule has 1 aliphatic heterocycles. The Hall–Kier alpha value is -0.220. The molecule has 0 aromatic carbocycles. The second kappa shape index (κ2) is 6.27. The summed E-state index contributed by atoms with van der Waals surface area (Å²) in [4.78, 5) is 10.8. The molecule has 13 heavy (non-hydrogen) atoms. The van der Waals surface area contributed by atoms with E-state index in [1.54, 1.807) is 7.05 Å². The average Bonchev–Trinajstić information content (AvgIpc) is 2.64. The lowest BCUT2D eigenvalue weighted by molar-refractivity contribution is -0.125. The van der Waals surface area contributed by atoms with Gasteiger partial charge in [0.05, 0.1) is 0 Å². The number of hydrogen-bond donors (Lipinski definition) is 1. The van der Waals surface area contributed by atoms with Crippen LogP contribution < -0.4 is 5.32 Å². The van der Waals surface area contributed by atoms with Crippen molar-refractivity contribution in [1.82, 2.24) is 5.32 Å². The van der Waals surface area contributed by atoms with Gasteiger partial charge in [0.2, 0.25) is 5.91 Å². The zero-order valence-electron chi connectivity index (χ0n) is 8.04. The van der Waals surface area contributed by atoms with E-state index in [0.717, 1.165) is 18.9 Å². The molecule has 0 saturated carbocycles. The highest BCUT2D eigenvalue weighted by atomic mass is 32.2. The third-order valence-corrected chi connectivity index (χ3v) is 3.44. The van der Waals surface area contributed by atoms with Crippen molar-refractivity contribution in [2.45, 2.75) is 12.8 Å². The fraction of sp³-hybridized carbons (Fsp3) is 0.889. The van der Waals surface area contributed by atoms with E-state index in [4.69, 9.17) is 4.74 Å². The van der Waals surface area contributed by atoms with Crippen molar-refractivity contribution >= 4 is 17.7 Å². The van der Waals surface area contributed by atoms with Gasteiger partial charge in [-0.3, -0.25) is 4.79 Å². The first kappa shape index (κ1) is 10.9. The van der Waals surface area contributed by atoms with E-state index in [0.29, 0.717) is 0 Å². The molecule has 0 aromatic heterocycles. The molecule has 1 amide bonds. The maximum Gasteiger partial charge on any atom is 0.245 e. The van der Waals surface area contributed by atoms with Gasteiger partial charge in [0.1, 0.15) is 6.61 Å². The predicted molar refractivity (Wildman–Crippen MR) is 54.9 cm³/mol. The van der Waals surface area contributed by atoms with Crippen LogP contribution in [-0.4, -0.2) is 37.7 Å². The number of hydrogen-bond acceptors (Lipinski definition) is 3. The standard InChI is InChI=1S/C9H17NO2S/c1-10-9(11)6-12-4-2-8-3-5-13-7-8/h8H,2-7H2,1H3,(H,10,11). The van der Waals surface area contributed by atoms with Gasteiger partial charge < -0.3 is 10.1 Å². The zero-order chi connectivity index (χ0) is 9.52. The first-order valence-electron chi connectivity index (χ1n) is 4.69. The molecule has 0 radical (unpaired) electrons. The number of thioether (sulfide) groups is 1. The van der Waals surface area contributed by atoms with Crippen molar-refractivity contribution in [3.05, 3.63) is 0 Å². The molecule has 3 nitrogen and oxygen atoms in total. The van der Waals surface area contributed by atoms with Gasteiger partial charge in [0.15, 0.2) is 0 Å². The van der Waals surface area contributed by atoms with E-state index in [1.165, 1.54) is 17.9 Å². The van der Waals surface area contributed by atoms with Crippen LogP contribution in [0.2, 0.25) is 0 Å². The van der Waals surface area contributed by atoms with Crippen molar-refractivity contribution in [2.24, 2.45) is 5.92 Å². The largest absolute Gasteiger partial charge is 0.372 e. The highest BCUT2D eigenvalue weighted by Crippen LogP contribution is 2.25. The maximum absolute atomic E-state index is 10.8. The highest BCUT2D eigenvalue weighted by Gasteiger charge is 2.14. The molecule has 1 unspecified atom stereocenters. The third kappa shape index (κ3) is 4.52. The average molecular weight is 203 g/mol. The van der Waals surface area contributed by atoms with Crippen molar-refractivity contribution in [3.8, 4) is 0 Å². The number of ether oxygens (including phenoxy) is 1. The van der Waals surface area contributed by atoms with Gasteiger partial charge in [-0.15, -0.1) is 0 Å². The molecule has 1 rings (SSSR count). The van der Waals surface area contributed by atoms with E-state index < -0.39 is 0 Å². The number of carbonyl (C=O) groups is 1. The Morgan fingerprint density at radius 3 is 3.15 bits per heavy atom. The summed E-state index contributed by atoms with van der Waals surface area (Å²) in [6, 6.07) is 0. The van der Waals surface area contributed by atoms with Crippen molar-refractivity contribution < 1.29 is 9.53 Å². The number of amides is 1. The van der Waals surface area contributed by atoms with Crippen LogP contribution in [0.5, 0.6) is 0 Å². The van der Waals surface area contributed by atoms with Gasteiger partial charge in [-0.1, -0.05) is 0 Å². The zero-order valence-corrected chi connectivity index (χ0v) is 8.86. The van der Waals surface area contributed by atoms with Crippen LogP contribution in [-0.2, 0) is 9.53 Å². The van der Waals surface area contributed by atoms with Crippen LogP contribution in [0.4, 0.5) is 0 Å². The van der Waals surface area contributed by atoms with Gasteiger partial charge >= 0.3 is 0 Å². The molecule has 1 saturated heterocycles. The summed E-state index contributed by atoms with van der Waals surface area (Å²) < 4.78 is 5.23. The third-order valence-electron chi connectivity index (χ3n) is 2.21. The Balaban J connectivity index is 1.91. The molecule has 1 fully saturated rings. The molecule has 1 aliphatic rings. The van der Waals surface area contributed by atoms with E-state index in [2.05, 4.69) is 5.32 Å². The molecule has 4 heteroatoms. The smallest absolute Gasteiger partial charge is 0.245 e. The van der Waals surface area contributed by atoms with Crippen molar-refractivity contribution in [3.63, 3.8) is 0 Å². The number of likely N-dealkylation sites (N-methyl/N-ethyl adjacent to an activating group) is 1. The molecule has 0 aliphatic carbocycles. The number of rotatable bonds is 5. The molecule has 1 heterocycles. The Morgan fingerprint density at radius 1 is 1.69 bits per heavy atom. The van der Waals surface area contributed by atoms with Gasteiger partial charge in [-0.25, -0.2) is 0 Å². The van der Waals surface area contributed by atoms with Crippen molar-refractivity contribution in [1.29, 1.82) is 0 Å². The number of nitrogens with one attached hydrogen (secondary N) is 1. The Bertz CT molecular complexity index is 158. The van der Waals surface area contributed by atoms with Crippen LogP contribution in [0.1, 0.15) is 12.8 Å². The highest BCUT2D eigenvalue weighted by molar-refractivity contribution is 7.99. The second-order valence-corrected chi connectivity index (χ2v) is 4.39. The summed E-state index contributed by atoms with van der Waals surface area (Å²) >= 11 is 2.02. The van der Waals surface area contributed by atoms with Crippen LogP contribution in [0.15, 0.2) is 0 Å². The second-order valence-electron chi connectivity index (χ2n) is 3.24. The Morgan fingerprint density at radius 2 is 2.54 bits per heavy atom. The van der Waals surface area contributed by atoms with E-state index in [9.17, 15) is 4.79 Å². The maximum atomic E-state index is 10.8. The quantitative estimate of drug-likeness (QED) is 0.674. The lowest BCUT2D eigenvalue weighted by Crippen LogP contribution is -2.23. The van der Waals surface area contributed by atoms with Crippen LogP contribution in [0.25, 0.3) is 0 Å².